The third-order valence-electron chi connectivity index (χ3n) is 4.19. The Morgan fingerprint density at radius 2 is 2.00 bits per heavy atom. The molecule has 3 rings (SSSR count). The Morgan fingerprint density at radius 3 is 2.56 bits per heavy atom. The smallest absolute Gasteiger partial charge is 0.239 e. The van der Waals surface area contributed by atoms with Gasteiger partial charge in [-0.05, 0) is 38.1 Å². The van der Waals surface area contributed by atoms with E-state index in [0.29, 0.717) is 19.0 Å². The number of piperidine rings is 1. The quantitative estimate of drug-likeness (QED) is 0.700. The standard InChI is InChI=1S/C12H20N2O2/c15-11(10-3-1-2-6-13-10)14-7-12(16,8-14)9-4-5-9/h9-10,13,16H,1-8H2/t10-/m0/s1. The predicted octanol–water partition coefficient (Wildman–Crippen LogP) is 0.112. The third kappa shape index (κ3) is 1.74. The van der Waals surface area contributed by atoms with E-state index in [1.165, 1.54) is 6.42 Å². The van der Waals surface area contributed by atoms with Crippen molar-refractivity contribution in [3.05, 3.63) is 0 Å². The molecule has 1 amide bonds. The normalized spacial score (nSPS) is 33.3. The SMILES string of the molecule is O=C([C@@H]1CCCCN1)N1CC(O)(C2CC2)C1. The lowest BCUT2D eigenvalue weighted by Crippen LogP contribution is -2.67. The van der Waals surface area contributed by atoms with Crippen molar-refractivity contribution in [2.45, 2.75) is 43.7 Å². The molecule has 16 heavy (non-hydrogen) atoms. The fraction of sp³-hybridized carbons (Fsp3) is 0.917. The van der Waals surface area contributed by atoms with Gasteiger partial charge in [-0.3, -0.25) is 4.79 Å². The molecule has 0 radical (unpaired) electrons. The lowest BCUT2D eigenvalue weighted by Gasteiger charge is -2.48. The Labute approximate surface area is 96.0 Å². The molecule has 1 aliphatic carbocycles. The molecule has 0 bridgehead atoms. The number of amides is 1. The van der Waals surface area contributed by atoms with E-state index in [4.69, 9.17) is 0 Å². The van der Waals surface area contributed by atoms with Gasteiger partial charge in [0.15, 0.2) is 0 Å². The highest BCUT2D eigenvalue weighted by molar-refractivity contribution is 5.83. The van der Waals surface area contributed by atoms with Gasteiger partial charge in [-0.2, -0.15) is 0 Å². The first-order valence-electron chi connectivity index (χ1n) is 6.44. The largest absolute Gasteiger partial charge is 0.386 e. The molecule has 4 heteroatoms. The van der Waals surface area contributed by atoms with Crippen molar-refractivity contribution in [1.29, 1.82) is 0 Å². The van der Waals surface area contributed by atoms with Gasteiger partial charge >= 0.3 is 0 Å². The summed E-state index contributed by atoms with van der Waals surface area (Å²) in [6, 6.07) is 0.0116. The minimum Gasteiger partial charge on any atom is -0.386 e. The number of likely N-dealkylation sites (tertiary alicyclic amines) is 1. The lowest BCUT2D eigenvalue weighted by molar-refractivity contribution is -0.161. The maximum absolute atomic E-state index is 12.1. The van der Waals surface area contributed by atoms with Gasteiger partial charge in [0.2, 0.25) is 5.91 Å². The molecular weight excluding hydrogens is 204 g/mol. The van der Waals surface area contributed by atoms with E-state index in [2.05, 4.69) is 5.32 Å². The molecule has 3 fully saturated rings. The Bertz CT molecular complexity index is 289. The highest BCUT2D eigenvalue weighted by atomic mass is 16.3. The molecule has 2 aliphatic heterocycles. The van der Waals surface area contributed by atoms with E-state index in [9.17, 15) is 9.90 Å². The summed E-state index contributed by atoms with van der Waals surface area (Å²) in [5.74, 6) is 0.667. The average molecular weight is 224 g/mol. The number of nitrogens with one attached hydrogen (secondary N) is 1. The van der Waals surface area contributed by atoms with Crippen molar-refractivity contribution in [2.75, 3.05) is 19.6 Å². The van der Waals surface area contributed by atoms with Crippen LogP contribution in [0.4, 0.5) is 0 Å². The van der Waals surface area contributed by atoms with Crippen LogP contribution in [-0.4, -0.2) is 47.2 Å². The predicted molar refractivity (Wildman–Crippen MR) is 59.9 cm³/mol. The molecule has 0 aromatic carbocycles. The van der Waals surface area contributed by atoms with Gasteiger partial charge in [-0.1, -0.05) is 6.42 Å². The fourth-order valence-corrected chi connectivity index (χ4v) is 2.93. The van der Waals surface area contributed by atoms with Gasteiger partial charge in [0, 0.05) is 0 Å². The van der Waals surface area contributed by atoms with Gasteiger partial charge in [-0.15, -0.1) is 0 Å². The zero-order valence-electron chi connectivity index (χ0n) is 9.61. The number of aliphatic hydroxyl groups is 1. The number of carbonyl (C=O) groups is 1. The molecule has 1 atom stereocenters. The van der Waals surface area contributed by atoms with Crippen LogP contribution >= 0.6 is 0 Å². The number of hydrogen-bond acceptors (Lipinski definition) is 3. The van der Waals surface area contributed by atoms with Crippen LogP contribution in [0.1, 0.15) is 32.1 Å². The number of carbonyl (C=O) groups excluding carboxylic acids is 1. The van der Waals surface area contributed by atoms with Crippen molar-refractivity contribution in [3.63, 3.8) is 0 Å². The van der Waals surface area contributed by atoms with Gasteiger partial charge in [0.25, 0.3) is 0 Å². The van der Waals surface area contributed by atoms with Crippen molar-refractivity contribution < 1.29 is 9.90 Å². The van der Waals surface area contributed by atoms with Crippen molar-refractivity contribution in [1.82, 2.24) is 10.2 Å². The second-order valence-electron chi connectivity index (χ2n) is 5.57. The van der Waals surface area contributed by atoms with E-state index in [0.717, 1.165) is 32.2 Å². The van der Waals surface area contributed by atoms with Gasteiger partial charge in [0.05, 0.1) is 19.1 Å². The maximum atomic E-state index is 12.1. The van der Waals surface area contributed by atoms with Gasteiger partial charge < -0.3 is 15.3 Å². The summed E-state index contributed by atoms with van der Waals surface area (Å²) in [5, 5.41) is 13.4. The Balaban J connectivity index is 1.53. The van der Waals surface area contributed by atoms with E-state index >= 15 is 0 Å². The van der Waals surface area contributed by atoms with Crippen LogP contribution in [0.15, 0.2) is 0 Å². The number of nitrogens with zero attached hydrogens (tertiary/aromatic N) is 1. The molecule has 0 unspecified atom stereocenters. The molecule has 2 N–H and O–H groups in total. The third-order valence-corrected chi connectivity index (χ3v) is 4.19. The van der Waals surface area contributed by atoms with Crippen LogP contribution in [-0.2, 0) is 4.79 Å². The van der Waals surface area contributed by atoms with E-state index < -0.39 is 5.60 Å². The van der Waals surface area contributed by atoms with Crippen molar-refractivity contribution in [2.24, 2.45) is 5.92 Å². The average Bonchev–Trinajstić information content (AvgIpc) is 3.09. The zero-order valence-corrected chi connectivity index (χ0v) is 9.61. The zero-order chi connectivity index (χ0) is 11.2. The molecular formula is C12H20N2O2. The maximum Gasteiger partial charge on any atom is 0.239 e. The number of β-amino-alcohol motifs (C(OH)–C–C–N with tert-alkyl or cyclic N) is 1. The first kappa shape index (κ1) is 10.5. The Hall–Kier alpha value is -0.610. The summed E-state index contributed by atoms with van der Waals surface area (Å²) in [6.45, 7) is 2.08. The van der Waals surface area contributed by atoms with Gasteiger partial charge in [-0.25, -0.2) is 0 Å². The summed E-state index contributed by atoms with van der Waals surface area (Å²) < 4.78 is 0. The van der Waals surface area contributed by atoms with Crippen LogP contribution in [0.25, 0.3) is 0 Å². The first-order chi connectivity index (χ1) is 7.69. The molecule has 1 saturated carbocycles. The molecule has 3 aliphatic rings. The second-order valence-corrected chi connectivity index (χ2v) is 5.57. The van der Waals surface area contributed by atoms with E-state index in [-0.39, 0.29) is 11.9 Å². The highest BCUT2D eigenvalue weighted by Crippen LogP contribution is 2.44. The topological polar surface area (TPSA) is 52.6 Å². The molecule has 2 saturated heterocycles. The number of rotatable bonds is 2. The van der Waals surface area contributed by atoms with Gasteiger partial charge in [0.1, 0.15) is 5.60 Å². The van der Waals surface area contributed by atoms with Crippen molar-refractivity contribution >= 4 is 5.91 Å². The fourth-order valence-electron chi connectivity index (χ4n) is 2.93. The number of hydrogen-bond donors (Lipinski definition) is 2. The summed E-state index contributed by atoms with van der Waals surface area (Å²) in [6.07, 6.45) is 5.55. The van der Waals surface area contributed by atoms with E-state index in [1.54, 1.807) is 0 Å². The van der Waals surface area contributed by atoms with Crippen LogP contribution < -0.4 is 5.32 Å². The monoisotopic (exact) mass is 224 g/mol. The molecule has 0 spiro atoms. The van der Waals surface area contributed by atoms with Crippen molar-refractivity contribution in [3.8, 4) is 0 Å². The molecule has 0 aromatic heterocycles. The molecule has 0 aromatic rings. The minimum absolute atomic E-state index is 0.0116. The summed E-state index contributed by atoms with van der Waals surface area (Å²) in [5.41, 5.74) is -0.537. The first-order valence-corrected chi connectivity index (χ1v) is 6.44. The molecule has 4 nitrogen and oxygen atoms in total. The second kappa shape index (κ2) is 3.70. The highest BCUT2D eigenvalue weighted by Gasteiger charge is 2.53. The summed E-state index contributed by atoms with van der Waals surface area (Å²) >= 11 is 0. The molecule has 2 heterocycles. The summed E-state index contributed by atoms with van der Waals surface area (Å²) in [4.78, 5) is 13.9. The van der Waals surface area contributed by atoms with Crippen LogP contribution in [0.3, 0.4) is 0 Å². The Kier molecular flexibility index (Phi) is 2.44. The lowest BCUT2D eigenvalue weighted by atomic mass is 9.87. The van der Waals surface area contributed by atoms with Crippen LogP contribution in [0.5, 0.6) is 0 Å². The van der Waals surface area contributed by atoms with E-state index in [1.807, 2.05) is 4.90 Å². The van der Waals surface area contributed by atoms with Crippen LogP contribution in [0, 0.1) is 5.92 Å². The van der Waals surface area contributed by atoms with Crippen LogP contribution in [0.2, 0.25) is 0 Å². The Morgan fingerprint density at radius 1 is 1.25 bits per heavy atom. The minimum atomic E-state index is -0.537. The molecule has 90 valence electrons. The summed E-state index contributed by atoms with van der Waals surface area (Å²) in [7, 11) is 0.